The van der Waals surface area contributed by atoms with Gasteiger partial charge in [-0.1, -0.05) is 0 Å². The van der Waals surface area contributed by atoms with Gasteiger partial charge in [-0.15, -0.1) is 0 Å². The van der Waals surface area contributed by atoms with E-state index < -0.39 is 0 Å². The summed E-state index contributed by atoms with van der Waals surface area (Å²) in [7, 11) is 0. The fourth-order valence-corrected chi connectivity index (χ4v) is 2.96. The Bertz CT molecular complexity index is 465. The van der Waals surface area contributed by atoms with Crippen molar-refractivity contribution >= 4 is 21.8 Å². The fraction of sp³-hybridized carbons (Fsp3) is 0.643. The summed E-state index contributed by atoms with van der Waals surface area (Å²) < 4.78 is 2.94. The van der Waals surface area contributed by atoms with Gasteiger partial charge in [0.25, 0.3) is 5.91 Å². The summed E-state index contributed by atoms with van der Waals surface area (Å²) in [5.74, 6) is 0.0908. The van der Waals surface area contributed by atoms with Crippen molar-refractivity contribution in [2.24, 2.45) is 0 Å². The lowest BCUT2D eigenvalue weighted by molar-refractivity contribution is 0.0603. The van der Waals surface area contributed by atoms with Crippen molar-refractivity contribution in [3.63, 3.8) is 0 Å². The van der Waals surface area contributed by atoms with Gasteiger partial charge in [-0.05, 0) is 35.8 Å². The molecule has 6 heteroatoms. The molecule has 20 heavy (non-hydrogen) atoms. The minimum atomic E-state index is 0.0908. The highest BCUT2D eigenvalue weighted by Gasteiger charge is 2.24. The summed E-state index contributed by atoms with van der Waals surface area (Å²) in [6.07, 6.45) is 1.96. The minimum absolute atomic E-state index is 0.0908. The SMILES string of the molecule is CC(C)n1cc(Br)cc1C(=O)N1CCN(CCO)CC1. The van der Waals surface area contributed by atoms with Crippen LogP contribution in [0.4, 0.5) is 0 Å². The van der Waals surface area contributed by atoms with E-state index in [1.54, 1.807) is 0 Å². The van der Waals surface area contributed by atoms with Crippen LogP contribution in [0.25, 0.3) is 0 Å². The molecule has 1 aliphatic rings. The number of β-amino-alcohol motifs (C(OH)–C–C–N with tert-alkyl or cyclic N) is 1. The number of aromatic nitrogens is 1. The van der Waals surface area contributed by atoms with Crippen LogP contribution in [0.1, 0.15) is 30.4 Å². The highest BCUT2D eigenvalue weighted by atomic mass is 79.9. The van der Waals surface area contributed by atoms with E-state index in [0.717, 1.165) is 36.3 Å². The zero-order chi connectivity index (χ0) is 14.7. The largest absolute Gasteiger partial charge is 0.395 e. The molecule has 0 bridgehead atoms. The normalized spacial score (nSPS) is 16.9. The lowest BCUT2D eigenvalue weighted by Gasteiger charge is -2.34. The summed E-state index contributed by atoms with van der Waals surface area (Å²) in [5.41, 5.74) is 0.738. The highest BCUT2D eigenvalue weighted by Crippen LogP contribution is 2.21. The van der Waals surface area contributed by atoms with Gasteiger partial charge in [0, 0.05) is 49.4 Å². The molecule has 2 heterocycles. The molecule has 1 aromatic heterocycles. The summed E-state index contributed by atoms with van der Waals surface area (Å²) >= 11 is 3.45. The summed E-state index contributed by atoms with van der Waals surface area (Å²) in [6, 6.07) is 2.15. The monoisotopic (exact) mass is 343 g/mol. The molecule has 1 amide bonds. The number of carbonyl (C=O) groups excluding carboxylic acids is 1. The number of hydrogen-bond acceptors (Lipinski definition) is 3. The van der Waals surface area contributed by atoms with Crippen LogP contribution in [0, 0.1) is 0 Å². The zero-order valence-corrected chi connectivity index (χ0v) is 13.6. The minimum Gasteiger partial charge on any atom is -0.395 e. The summed E-state index contributed by atoms with van der Waals surface area (Å²) in [5, 5.41) is 8.94. The number of hydrogen-bond donors (Lipinski definition) is 1. The molecule has 1 aromatic rings. The molecule has 0 radical (unpaired) electrons. The first-order chi connectivity index (χ1) is 9.52. The second kappa shape index (κ2) is 6.74. The van der Waals surface area contributed by atoms with Crippen molar-refractivity contribution in [3.05, 3.63) is 22.4 Å². The standard InChI is InChI=1S/C14H22BrN3O2/c1-11(2)18-10-12(15)9-13(18)14(20)17-5-3-16(4-6-17)7-8-19/h9-11,19H,3-8H2,1-2H3. The predicted octanol–water partition coefficient (Wildman–Crippen LogP) is 1.58. The van der Waals surface area contributed by atoms with Gasteiger partial charge in [0.15, 0.2) is 0 Å². The highest BCUT2D eigenvalue weighted by molar-refractivity contribution is 9.10. The number of nitrogens with zero attached hydrogens (tertiary/aromatic N) is 3. The second-order valence-electron chi connectivity index (χ2n) is 5.40. The molecule has 0 unspecified atom stereocenters. The molecule has 1 saturated heterocycles. The smallest absolute Gasteiger partial charge is 0.270 e. The van der Waals surface area contributed by atoms with Crippen LogP contribution >= 0.6 is 15.9 Å². The number of carbonyl (C=O) groups is 1. The molecular weight excluding hydrogens is 322 g/mol. The van der Waals surface area contributed by atoms with E-state index in [4.69, 9.17) is 5.11 Å². The number of aliphatic hydroxyl groups is 1. The van der Waals surface area contributed by atoms with Crippen molar-refractivity contribution in [3.8, 4) is 0 Å². The number of halogens is 1. The molecule has 0 aliphatic carbocycles. The van der Waals surface area contributed by atoms with E-state index in [2.05, 4.69) is 34.7 Å². The maximum absolute atomic E-state index is 12.6. The first kappa shape index (κ1) is 15.5. The Kier molecular flexibility index (Phi) is 5.23. The predicted molar refractivity (Wildman–Crippen MR) is 81.9 cm³/mol. The summed E-state index contributed by atoms with van der Waals surface area (Å²) in [6.45, 7) is 8.11. The van der Waals surface area contributed by atoms with Crippen molar-refractivity contribution in [1.29, 1.82) is 0 Å². The van der Waals surface area contributed by atoms with Crippen LogP contribution in [0.3, 0.4) is 0 Å². The fourth-order valence-electron chi connectivity index (χ4n) is 2.52. The Morgan fingerprint density at radius 1 is 1.35 bits per heavy atom. The van der Waals surface area contributed by atoms with Gasteiger partial charge in [-0.2, -0.15) is 0 Å². The number of rotatable bonds is 4. The topological polar surface area (TPSA) is 48.7 Å². The molecule has 0 atom stereocenters. The maximum atomic E-state index is 12.6. The Labute approximate surface area is 128 Å². The molecule has 112 valence electrons. The molecule has 0 spiro atoms. The van der Waals surface area contributed by atoms with Gasteiger partial charge in [0.05, 0.1) is 6.61 Å². The Balaban J connectivity index is 2.05. The van der Waals surface area contributed by atoms with Crippen molar-refractivity contribution in [2.75, 3.05) is 39.3 Å². The summed E-state index contributed by atoms with van der Waals surface area (Å²) in [4.78, 5) is 16.7. The van der Waals surface area contributed by atoms with E-state index in [1.165, 1.54) is 0 Å². The van der Waals surface area contributed by atoms with Crippen LogP contribution in [0.5, 0.6) is 0 Å². The Hall–Kier alpha value is -0.850. The molecule has 0 aromatic carbocycles. The molecule has 1 fully saturated rings. The van der Waals surface area contributed by atoms with Crippen LogP contribution in [0.15, 0.2) is 16.7 Å². The van der Waals surface area contributed by atoms with Gasteiger partial charge in [0.1, 0.15) is 5.69 Å². The number of amides is 1. The first-order valence-electron chi connectivity index (χ1n) is 7.02. The number of aliphatic hydroxyl groups excluding tert-OH is 1. The lowest BCUT2D eigenvalue weighted by Crippen LogP contribution is -2.49. The van der Waals surface area contributed by atoms with Crippen molar-refractivity contribution < 1.29 is 9.90 Å². The van der Waals surface area contributed by atoms with Crippen LogP contribution in [-0.2, 0) is 0 Å². The zero-order valence-electron chi connectivity index (χ0n) is 12.0. The van der Waals surface area contributed by atoms with Crippen LogP contribution < -0.4 is 0 Å². The van der Waals surface area contributed by atoms with Crippen LogP contribution in [-0.4, -0.2) is 64.7 Å². The Morgan fingerprint density at radius 3 is 2.55 bits per heavy atom. The molecule has 1 aliphatic heterocycles. The third-order valence-electron chi connectivity index (χ3n) is 3.67. The number of piperazine rings is 1. The third-order valence-corrected chi connectivity index (χ3v) is 4.10. The third kappa shape index (κ3) is 3.42. The van der Waals surface area contributed by atoms with E-state index in [1.807, 2.05) is 21.7 Å². The van der Waals surface area contributed by atoms with E-state index in [0.29, 0.717) is 6.54 Å². The van der Waals surface area contributed by atoms with Gasteiger partial charge >= 0.3 is 0 Å². The molecule has 5 nitrogen and oxygen atoms in total. The van der Waals surface area contributed by atoms with E-state index in [-0.39, 0.29) is 18.6 Å². The van der Waals surface area contributed by atoms with Crippen LogP contribution in [0.2, 0.25) is 0 Å². The maximum Gasteiger partial charge on any atom is 0.270 e. The lowest BCUT2D eigenvalue weighted by atomic mass is 10.2. The van der Waals surface area contributed by atoms with Crippen molar-refractivity contribution in [2.45, 2.75) is 19.9 Å². The van der Waals surface area contributed by atoms with Gasteiger partial charge in [-0.3, -0.25) is 9.69 Å². The molecule has 0 saturated carbocycles. The van der Waals surface area contributed by atoms with Crippen molar-refractivity contribution in [1.82, 2.24) is 14.4 Å². The van der Waals surface area contributed by atoms with Gasteiger partial charge in [0.2, 0.25) is 0 Å². The first-order valence-corrected chi connectivity index (χ1v) is 7.82. The molecule has 1 N–H and O–H groups in total. The second-order valence-corrected chi connectivity index (χ2v) is 6.32. The average Bonchev–Trinajstić information content (AvgIpc) is 2.81. The Morgan fingerprint density at radius 2 is 2.00 bits per heavy atom. The molecule has 2 rings (SSSR count). The van der Waals surface area contributed by atoms with Gasteiger partial charge in [-0.25, -0.2) is 0 Å². The average molecular weight is 344 g/mol. The molecular formula is C14H22BrN3O2. The van der Waals surface area contributed by atoms with E-state index >= 15 is 0 Å². The van der Waals surface area contributed by atoms with Gasteiger partial charge < -0.3 is 14.6 Å². The van der Waals surface area contributed by atoms with E-state index in [9.17, 15) is 4.79 Å². The quantitative estimate of drug-likeness (QED) is 0.902.